The van der Waals surface area contributed by atoms with Gasteiger partial charge in [0.1, 0.15) is 5.82 Å². The highest BCUT2D eigenvalue weighted by atomic mass is 19.1. The monoisotopic (exact) mass is 253 g/mol. The first kappa shape index (κ1) is 15.1. The molecule has 0 aliphatic heterocycles. The minimum atomic E-state index is -0.655. The molecule has 2 N–H and O–H groups in total. The predicted molar refractivity (Wildman–Crippen MR) is 72.9 cm³/mol. The first-order chi connectivity index (χ1) is 8.58. The zero-order valence-electron chi connectivity index (χ0n) is 11.5. The topological polar surface area (TPSA) is 32.3 Å². The second-order valence-electron chi connectivity index (χ2n) is 4.84. The Labute approximate surface area is 109 Å². The van der Waals surface area contributed by atoms with E-state index in [2.05, 4.69) is 26.1 Å². The van der Waals surface area contributed by atoms with Crippen LogP contribution in [0.5, 0.6) is 0 Å². The molecule has 0 aliphatic rings. The molecule has 0 bridgehead atoms. The lowest BCUT2D eigenvalue weighted by molar-refractivity contribution is 0.164. The van der Waals surface area contributed by atoms with Crippen molar-refractivity contribution in [3.05, 3.63) is 35.6 Å². The van der Waals surface area contributed by atoms with Gasteiger partial charge in [-0.1, -0.05) is 38.8 Å². The molecule has 1 rings (SSSR count). The van der Waals surface area contributed by atoms with Gasteiger partial charge in [0.05, 0.1) is 6.10 Å². The molecule has 3 heteroatoms. The van der Waals surface area contributed by atoms with Crippen molar-refractivity contribution in [2.75, 3.05) is 6.54 Å². The van der Waals surface area contributed by atoms with Gasteiger partial charge in [-0.2, -0.15) is 0 Å². The molecule has 0 heterocycles. The van der Waals surface area contributed by atoms with Crippen LogP contribution in [-0.4, -0.2) is 17.7 Å². The zero-order valence-corrected chi connectivity index (χ0v) is 11.5. The number of hydrogen-bond acceptors (Lipinski definition) is 2. The van der Waals surface area contributed by atoms with Gasteiger partial charge in [0.2, 0.25) is 0 Å². The van der Waals surface area contributed by atoms with E-state index >= 15 is 0 Å². The van der Waals surface area contributed by atoms with Gasteiger partial charge in [-0.3, -0.25) is 0 Å². The SMILES string of the molecule is CCC(CC)C(C)NCC(O)c1cccc(F)c1. The maximum atomic E-state index is 13.0. The number of aliphatic hydroxyl groups excluding tert-OH is 1. The molecule has 0 amide bonds. The Kier molecular flexibility index (Phi) is 6.30. The molecule has 102 valence electrons. The summed E-state index contributed by atoms with van der Waals surface area (Å²) in [4.78, 5) is 0. The van der Waals surface area contributed by atoms with Gasteiger partial charge >= 0.3 is 0 Å². The van der Waals surface area contributed by atoms with E-state index in [1.807, 2.05) is 0 Å². The van der Waals surface area contributed by atoms with Crippen molar-refractivity contribution in [1.29, 1.82) is 0 Å². The van der Waals surface area contributed by atoms with Crippen LogP contribution in [0.3, 0.4) is 0 Å². The Morgan fingerprint density at radius 2 is 1.94 bits per heavy atom. The lowest BCUT2D eigenvalue weighted by Gasteiger charge is -2.24. The first-order valence-corrected chi connectivity index (χ1v) is 6.75. The molecular weight excluding hydrogens is 229 g/mol. The van der Waals surface area contributed by atoms with Crippen molar-refractivity contribution in [3.8, 4) is 0 Å². The van der Waals surface area contributed by atoms with E-state index in [1.54, 1.807) is 12.1 Å². The van der Waals surface area contributed by atoms with Crippen LogP contribution in [0.15, 0.2) is 24.3 Å². The Morgan fingerprint density at radius 3 is 2.50 bits per heavy atom. The average molecular weight is 253 g/mol. The van der Waals surface area contributed by atoms with Gasteiger partial charge in [0, 0.05) is 12.6 Å². The Bertz CT molecular complexity index is 352. The molecule has 2 unspecified atom stereocenters. The van der Waals surface area contributed by atoms with Gasteiger partial charge < -0.3 is 10.4 Å². The maximum absolute atomic E-state index is 13.0. The van der Waals surface area contributed by atoms with Crippen molar-refractivity contribution in [3.63, 3.8) is 0 Å². The molecule has 0 saturated heterocycles. The third-order valence-corrected chi connectivity index (χ3v) is 3.62. The number of aliphatic hydroxyl groups is 1. The third kappa shape index (κ3) is 4.39. The number of nitrogens with one attached hydrogen (secondary N) is 1. The van der Waals surface area contributed by atoms with Crippen LogP contribution in [0, 0.1) is 11.7 Å². The molecule has 2 atom stereocenters. The number of hydrogen-bond donors (Lipinski definition) is 2. The van der Waals surface area contributed by atoms with Crippen LogP contribution in [-0.2, 0) is 0 Å². The highest BCUT2D eigenvalue weighted by Crippen LogP contribution is 2.16. The molecule has 2 nitrogen and oxygen atoms in total. The van der Waals surface area contributed by atoms with Crippen molar-refractivity contribution in [1.82, 2.24) is 5.32 Å². The molecule has 0 saturated carbocycles. The number of benzene rings is 1. The second-order valence-corrected chi connectivity index (χ2v) is 4.84. The summed E-state index contributed by atoms with van der Waals surface area (Å²) in [5, 5.41) is 13.3. The molecule has 1 aromatic carbocycles. The van der Waals surface area contributed by atoms with Crippen LogP contribution in [0.25, 0.3) is 0 Å². The van der Waals surface area contributed by atoms with Gasteiger partial charge in [-0.05, 0) is 30.5 Å². The van der Waals surface area contributed by atoms with Gasteiger partial charge in [-0.15, -0.1) is 0 Å². The molecule has 0 aromatic heterocycles. The van der Waals surface area contributed by atoms with Gasteiger partial charge in [-0.25, -0.2) is 4.39 Å². The number of rotatable bonds is 7. The van der Waals surface area contributed by atoms with Gasteiger partial charge in [0.15, 0.2) is 0 Å². The molecule has 1 aromatic rings. The summed E-state index contributed by atoms with van der Waals surface area (Å²) in [6.07, 6.45) is 1.60. The standard InChI is InChI=1S/C15H24FNO/c1-4-12(5-2)11(3)17-10-15(18)13-7-6-8-14(16)9-13/h6-9,11-12,15,17-18H,4-5,10H2,1-3H3. The molecule has 0 radical (unpaired) electrons. The van der Waals surface area contributed by atoms with Crippen LogP contribution in [0.2, 0.25) is 0 Å². The van der Waals surface area contributed by atoms with E-state index in [-0.39, 0.29) is 5.82 Å². The molecule has 0 fully saturated rings. The van der Waals surface area contributed by atoms with Crippen molar-refractivity contribution < 1.29 is 9.50 Å². The summed E-state index contributed by atoms with van der Waals surface area (Å²) < 4.78 is 13.0. The summed E-state index contributed by atoms with van der Waals surface area (Å²) in [6, 6.07) is 6.50. The van der Waals surface area contributed by atoms with Crippen LogP contribution >= 0.6 is 0 Å². The minimum absolute atomic E-state index is 0.306. The summed E-state index contributed by atoms with van der Waals surface area (Å²) in [5.41, 5.74) is 0.624. The lowest BCUT2D eigenvalue weighted by atomic mass is 9.95. The van der Waals surface area contributed by atoms with E-state index in [1.165, 1.54) is 12.1 Å². The average Bonchev–Trinajstić information content (AvgIpc) is 2.37. The lowest BCUT2D eigenvalue weighted by Crippen LogP contribution is -2.35. The van der Waals surface area contributed by atoms with E-state index in [0.717, 1.165) is 12.8 Å². The van der Waals surface area contributed by atoms with Crippen molar-refractivity contribution in [2.24, 2.45) is 5.92 Å². The molecule has 18 heavy (non-hydrogen) atoms. The fourth-order valence-electron chi connectivity index (χ4n) is 2.29. The molecular formula is C15H24FNO. The summed E-state index contributed by atoms with van der Waals surface area (Å²) in [5.74, 6) is 0.310. The van der Waals surface area contributed by atoms with E-state index in [4.69, 9.17) is 0 Å². The fraction of sp³-hybridized carbons (Fsp3) is 0.600. The Hall–Kier alpha value is -0.930. The predicted octanol–water partition coefficient (Wildman–Crippen LogP) is 3.27. The third-order valence-electron chi connectivity index (χ3n) is 3.62. The van der Waals surface area contributed by atoms with E-state index in [0.29, 0.717) is 24.1 Å². The fourth-order valence-corrected chi connectivity index (χ4v) is 2.29. The quantitative estimate of drug-likeness (QED) is 0.781. The smallest absolute Gasteiger partial charge is 0.123 e. The summed E-state index contributed by atoms with van der Waals surface area (Å²) in [7, 11) is 0. The normalized spacial score (nSPS) is 14.8. The molecule has 0 spiro atoms. The van der Waals surface area contributed by atoms with Crippen LogP contribution in [0.4, 0.5) is 4.39 Å². The highest BCUT2D eigenvalue weighted by molar-refractivity contribution is 5.18. The summed E-state index contributed by atoms with van der Waals surface area (Å²) >= 11 is 0. The zero-order chi connectivity index (χ0) is 13.5. The van der Waals surface area contributed by atoms with Crippen molar-refractivity contribution in [2.45, 2.75) is 45.8 Å². The Morgan fingerprint density at radius 1 is 1.28 bits per heavy atom. The highest BCUT2D eigenvalue weighted by Gasteiger charge is 2.15. The number of halogens is 1. The maximum Gasteiger partial charge on any atom is 0.123 e. The van der Waals surface area contributed by atoms with Gasteiger partial charge in [0.25, 0.3) is 0 Å². The largest absolute Gasteiger partial charge is 0.387 e. The van der Waals surface area contributed by atoms with Crippen LogP contribution in [0.1, 0.15) is 45.3 Å². The van der Waals surface area contributed by atoms with Crippen molar-refractivity contribution >= 4 is 0 Å². The molecule has 0 aliphatic carbocycles. The van der Waals surface area contributed by atoms with E-state index < -0.39 is 6.10 Å². The first-order valence-electron chi connectivity index (χ1n) is 6.75. The second kappa shape index (κ2) is 7.49. The van der Waals surface area contributed by atoms with Crippen LogP contribution < -0.4 is 5.32 Å². The Balaban J connectivity index is 2.48. The minimum Gasteiger partial charge on any atom is -0.387 e. The summed E-state index contributed by atoms with van der Waals surface area (Å²) in [6.45, 7) is 6.95. The van der Waals surface area contributed by atoms with E-state index in [9.17, 15) is 9.50 Å².